The highest BCUT2D eigenvalue weighted by molar-refractivity contribution is 7.99. The number of para-hydroxylation sites is 1. The maximum Gasteiger partial charge on any atom is 0.344 e. The fraction of sp³-hybridized carbons (Fsp3) is 0.400. The number of amides is 4. The first-order valence-electron chi connectivity index (χ1n) is 9.85. The number of esters is 1. The normalized spacial score (nSPS) is 18.0. The van der Waals surface area contributed by atoms with Crippen LogP contribution < -0.4 is 16.3 Å². The molecule has 2 aromatic rings. The van der Waals surface area contributed by atoms with Crippen LogP contribution in [-0.4, -0.2) is 56.8 Å². The van der Waals surface area contributed by atoms with E-state index in [1.165, 1.54) is 11.7 Å². The third kappa shape index (κ3) is 4.59. The van der Waals surface area contributed by atoms with E-state index in [1.54, 1.807) is 38.1 Å². The second-order valence-corrected chi connectivity index (χ2v) is 8.22. The van der Waals surface area contributed by atoms with Crippen molar-refractivity contribution in [3.8, 4) is 0 Å². The number of methoxy groups -OCH3 is 1. The number of carbonyl (C=O) groups is 4. The zero-order valence-corrected chi connectivity index (χ0v) is 18.7. The second kappa shape index (κ2) is 9.39. The molecule has 3 rings (SSSR count). The molecule has 32 heavy (non-hydrogen) atoms. The highest BCUT2D eigenvalue weighted by Gasteiger charge is 2.47. The third-order valence-corrected chi connectivity index (χ3v) is 6.11. The van der Waals surface area contributed by atoms with Crippen molar-refractivity contribution in [2.24, 2.45) is 0 Å². The molecule has 12 heteroatoms. The first-order chi connectivity index (χ1) is 15.2. The summed E-state index contributed by atoms with van der Waals surface area (Å²) in [6.07, 6.45) is 0.320. The minimum absolute atomic E-state index is 0.0230. The van der Waals surface area contributed by atoms with Gasteiger partial charge in [0.1, 0.15) is 5.54 Å². The highest BCUT2D eigenvalue weighted by Crippen LogP contribution is 2.21. The summed E-state index contributed by atoms with van der Waals surface area (Å²) in [4.78, 5) is 65.8. The molecule has 11 nitrogen and oxygen atoms in total. The number of hydrazine groups is 1. The van der Waals surface area contributed by atoms with Crippen LogP contribution in [0.1, 0.15) is 26.7 Å². The van der Waals surface area contributed by atoms with Crippen LogP contribution in [0.4, 0.5) is 4.79 Å². The van der Waals surface area contributed by atoms with E-state index >= 15 is 0 Å². The van der Waals surface area contributed by atoms with Crippen LogP contribution in [0, 0.1) is 0 Å². The lowest BCUT2D eigenvalue weighted by Crippen LogP contribution is -2.49. The number of carbonyl (C=O) groups excluding carboxylic acids is 4. The van der Waals surface area contributed by atoms with E-state index < -0.39 is 29.4 Å². The van der Waals surface area contributed by atoms with Gasteiger partial charge in [0.05, 0.1) is 30.2 Å². The minimum atomic E-state index is -1.08. The molecule has 0 bridgehead atoms. The molecule has 4 amide bonds. The smallest absolute Gasteiger partial charge is 0.344 e. The molecule has 1 saturated heterocycles. The van der Waals surface area contributed by atoms with Crippen molar-refractivity contribution < 1.29 is 23.9 Å². The Bertz CT molecular complexity index is 1150. The molecular weight excluding hydrogens is 438 g/mol. The van der Waals surface area contributed by atoms with Gasteiger partial charge in [-0.1, -0.05) is 30.8 Å². The molecule has 1 aromatic heterocycles. The summed E-state index contributed by atoms with van der Waals surface area (Å²) in [5, 5.41) is 3.80. The van der Waals surface area contributed by atoms with Gasteiger partial charge >= 0.3 is 12.0 Å². The van der Waals surface area contributed by atoms with Crippen molar-refractivity contribution in [1.82, 2.24) is 25.3 Å². The van der Waals surface area contributed by atoms with Gasteiger partial charge in [0.25, 0.3) is 11.5 Å². The number of nitrogens with zero attached hydrogens (tertiary/aromatic N) is 3. The summed E-state index contributed by atoms with van der Waals surface area (Å²) in [6, 6.07) is 6.03. The number of thioether (sulfide) groups is 1. The standard InChI is InChI=1S/C20H23N5O6S/c1-4-20(2)17(29)25(18(30)22-20)23-14(26)11-32-19-21-13-8-6-5-7-12(13)16(28)24(19)10-9-15(27)31-3/h5-8H,4,9-11H2,1-3H3,(H,22,30)(H,23,26). The van der Waals surface area contributed by atoms with Crippen molar-refractivity contribution in [2.75, 3.05) is 12.9 Å². The second-order valence-electron chi connectivity index (χ2n) is 7.27. The predicted octanol–water partition coefficient (Wildman–Crippen LogP) is 0.803. The molecule has 1 unspecified atom stereocenters. The summed E-state index contributed by atoms with van der Waals surface area (Å²) >= 11 is 0.953. The number of aromatic nitrogens is 2. The van der Waals surface area contributed by atoms with Crippen molar-refractivity contribution in [3.63, 3.8) is 0 Å². The molecule has 1 atom stereocenters. The van der Waals surface area contributed by atoms with E-state index in [0.717, 1.165) is 11.8 Å². The zero-order valence-electron chi connectivity index (χ0n) is 17.8. The number of imide groups is 1. The van der Waals surface area contributed by atoms with E-state index in [-0.39, 0.29) is 29.4 Å². The van der Waals surface area contributed by atoms with Crippen LogP contribution in [0.2, 0.25) is 0 Å². The van der Waals surface area contributed by atoms with Crippen LogP contribution in [0.25, 0.3) is 10.9 Å². The fourth-order valence-electron chi connectivity index (χ4n) is 3.07. The highest BCUT2D eigenvalue weighted by atomic mass is 32.2. The third-order valence-electron chi connectivity index (χ3n) is 5.13. The molecule has 1 aliphatic rings. The Morgan fingerprint density at radius 3 is 2.62 bits per heavy atom. The summed E-state index contributed by atoms with van der Waals surface area (Å²) < 4.78 is 5.94. The Morgan fingerprint density at radius 2 is 1.97 bits per heavy atom. The first kappa shape index (κ1) is 23.3. The van der Waals surface area contributed by atoms with Gasteiger partial charge in [-0.25, -0.2) is 9.78 Å². The lowest BCUT2D eigenvalue weighted by molar-refractivity contribution is -0.141. The van der Waals surface area contributed by atoms with Crippen LogP contribution in [0.5, 0.6) is 0 Å². The van der Waals surface area contributed by atoms with Crippen LogP contribution in [0.3, 0.4) is 0 Å². The van der Waals surface area contributed by atoms with Gasteiger partial charge in [-0.05, 0) is 25.5 Å². The monoisotopic (exact) mass is 461 g/mol. The molecule has 0 spiro atoms. The zero-order chi connectivity index (χ0) is 23.5. The lowest BCUT2D eigenvalue weighted by Gasteiger charge is -2.19. The van der Waals surface area contributed by atoms with E-state index in [9.17, 15) is 24.0 Å². The number of rotatable bonds is 8. The number of hydrogen-bond donors (Lipinski definition) is 2. The molecular formula is C20H23N5O6S. The van der Waals surface area contributed by atoms with Crippen LogP contribution >= 0.6 is 11.8 Å². The molecule has 1 fully saturated rings. The Kier molecular flexibility index (Phi) is 6.82. The predicted molar refractivity (Wildman–Crippen MR) is 116 cm³/mol. The maximum atomic E-state index is 12.9. The van der Waals surface area contributed by atoms with Gasteiger partial charge in [-0.15, -0.1) is 0 Å². The van der Waals surface area contributed by atoms with E-state index in [0.29, 0.717) is 22.3 Å². The first-order valence-corrected chi connectivity index (χ1v) is 10.8. The van der Waals surface area contributed by atoms with Gasteiger partial charge in [0.15, 0.2) is 5.16 Å². The van der Waals surface area contributed by atoms with Crippen molar-refractivity contribution in [3.05, 3.63) is 34.6 Å². The van der Waals surface area contributed by atoms with Gasteiger partial charge in [-0.2, -0.15) is 5.01 Å². The summed E-state index contributed by atoms with van der Waals surface area (Å²) in [6.45, 7) is 3.35. The van der Waals surface area contributed by atoms with Gasteiger partial charge in [-0.3, -0.25) is 29.2 Å². The van der Waals surface area contributed by atoms with Gasteiger partial charge < -0.3 is 10.1 Å². The molecule has 0 aliphatic carbocycles. The fourth-order valence-corrected chi connectivity index (χ4v) is 3.89. The molecule has 0 radical (unpaired) electrons. The average Bonchev–Trinajstić information content (AvgIpc) is 3.00. The summed E-state index contributed by atoms with van der Waals surface area (Å²) in [5.41, 5.74) is 1.31. The number of hydrogen-bond acceptors (Lipinski definition) is 8. The van der Waals surface area contributed by atoms with Crippen molar-refractivity contribution >= 4 is 46.5 Å². The number of nitrogens with one attached hydrogen (secondary N) is 2. The summed E-state index contributed by atoms with van der Waals surface area (Å²) in [7, 11) is 1.25. The van der Waals surface area contributed by atoms with Gasteiger partial charge in [0, 0.05) is 6.54 Å². The number of urea groups is 1. The van der Waals surface area contributed by atoms with Gasteiger partial charge in [0.2, 0.25) is 5.91 Å². The molecule has 0 saturated carbocycles. The average molecular weight is 462 g/mol. The maximum absolute atomic E-state index is 12.9. The largest absolute Gasteiger partial charge is 0.469 e. The Hall–Kier alpha value is -3.41. The topological polar surface area (TPSA) is 140 Å². The molecule has 1 aliphatic heterocycles. The van der Waals surface area contributed by atoms with Crippen molar-refractivity contribution in [1.29, 1.82) is 0 Å². The Morgan fingerprint density at radius 1 is 1.25 bits per heavy atom. The quantitative estimate of drug-likeness (QED) is 0.255. The molecule has 170 valence electrons. The Balaban J connectivity index is 1.78. The number of ether oxygens (including phenoxy) is 1. The SMILES string of the molecule is CCC1(C)NC(=O)N(NC(=O)CSc2nc3ccccc3c(=O)n2CCC(=O)OC)C1=O. The Labute approximate surface area is 187 Å². The van der Waals surface area contributed by atoms with E-state index in [4.69, 9.17) is 0 Å². The number of benzene rings is 1. The minimum Gasteiger partial charge on any atom is -0.469 e. The van der Waals surface area contributed by atoms with Crippen LogP contribution in [0.15, 0.2) is 34.2 Å². The molecule has 2 N–H and O–H groups in total. The van der Waals surface area contributed by atoms with E-state index in [2.05, 4.69) is 20.5 Å². The molecule has 1 aromatic carbocycles. The summed E-state index contributed by atoms with van der Waals surface area (Å²) in [5.74, 6) is -1.89. The van der Waals surface area contributed by atoms with Crippen molar-refractivity contribution in [2.45, 2.75) is 43.9 Å². The lowest BCUT2D eigenvalue weighted by atomic mass is 10.00. The number of fused-ring (bicyclic) bond motifs is 1. The van der Waals surface area contributed by atoms with Crippen LogP contribution in [-0.2, 0) is 25.7 Å². The van der Waals surface area contributed by atoms with E-state index in [1.807, 2.05) is 0 Å². The molecule has 2 heterocycles.